The van der Waals surface area contributed by atoms with E-state index in [9.17, 15) is 0 Å². The molecular weight excluding hydrogens is 339 g/mol. The number of aryl methyl sites for hydroxylation is 1. The first kappa shape index (κ1) is 12.3. The van der Waals surface area contributed by atoms with Crippen molar-refractivity contribution in [3.8, 4) is 0 Å². The lowest BCUT2D eigenvalue weighted by atomic mass is 10.1. The van der Waals surface area contributed by atoms with E-state index in [0.717, 1.165) is 21.9 Å². The van der Waals surface area contributed by atoms with Gasteiger partial charge in [0.15, 0.2) is 0 Å². The maximum Gasteiger partial charge on any atom is 0.234 e. The molecule has 0 saturated carbocycles. The van der Waals surface area contributed by atoms with Crippen LogP contribution in [0, 0.1) is 6.92 Å². The number of imidazole rings is 1. The molecule has 1 fully saturated rings. The van der Waals surface area contributed by atoms with Crippen LogP contribution in [0.5, 0.6) is 0 Å². The lowest BCUT2D eigenvalue weighted by molar-refractivity contribution is 0.224. The van der Waals surface area contributed by atoms with Crippen molar-refractivity contribution in [1.29, 1.82) is 0 Å². The maximum absolute atomic E-state index is 4.52. The molecule has 0 radical (unpaired) electrons. The second-order valence-corrected chi connectivity index (χ2v) is 6.65. The fraction of sp³-hybridized carbons (Fsp3) is 0.538. The molecule has 96 valence electrons. The molecule has 0 spiro atoms. The summed E-state index contributed by atoms with van der Waals surface area (Å²) in [5.74, 6) is 0.814. The Morgan fingerprint density at radius 2 is 2.17 bits per heavy atom. The van der Waals surface area contributed by atoms with Gasteiger partial charge in [-0.1, -0.05) is 22.6 Å². The molecule has 2 aromatic heterocycles. The molecule has 0 aliphatic carbocycles. The lowest BCUT2D eigenvalue weighted by Crippen LogP contribution is -2.33. The van der Waals surface area contributed by atoms with E-state index in [2.05, 4.69) is 55.0 Å². The quantitative estimate of drug-likeness (QED) is 0.612. The molecule has 2 aromatic rings. The first-order valence-corrected chi connectivity index (χ1v) is 7.63. The molecular formula is C13H17IN4. The molecule has 1 aliphatic heterocycles. The van der Waals surface area contributed by atoms with E-state index in [1.54, 1.807) is 6.20 Å². The van der Waals surface area contributed by atoms with Crippen molar-refractivity contribution >= 4 is 28.4 Å². The minimum atomic E-state index is 0.814. The Morgan fingerprint density at radius 1 is 1.39 bits per heavy atom. The van der Waals surface area contributed by atoms with Crippen molar-refractivity contribution in [1.82, 2.24) is 19.3 Å². The third-order valence-electron chi connectivity index (χ3n) is 3.59. The highest BCUT2D eigenvalue weighted by Gasteiger charge is 2.19. The minimum Gasteiger partial charge on any atom is -0.297 e. The maximum atomic E-state index is 4.52. The molecule has 3 heterocycles. The van der Waals surface area contributed by atoms with Gasteiger partial charge >= 0.3 is 0 Å². The summed E-state index contributed by atoms with van der Waals surface area (Å²) in [6.45, 7) is 5.46. The van der Waals surface area contributed by atoms with Gasteiger partial charge in [-0.2, -0.15) is 0 Å². The first-order chi connectivity index (χ1) is 8.74. The van der Waals surface area contributed by atoms with Crippen LogP contribution in [0.4, 0.5) is 0 Å². The number of alkyl halides is 1. The number of hydrogen-bond acceptors (Lipinski definition) is 3. The number of piperidine rings is 1. The van der Waals surface area contributed by atoms with E-state index in [1.807, 2.05) is 6.07 Å². The zero-order chi connectivity index (χ0) is 12.5. The van der Waals surface area contributed by atoms with E-state index in [4.69, 9.17) is 0 Å². The molecule has 0 N–H and O–H groups in total. The minimum absolute atomic E-state index is 0.814. The van der Waals surface area contributed by atoms with Gasteiger partial charge in [0.1, 0.15) is 0 Å². The summed E-state index contributed by atoms with van der Waals surface area (Å²) < 4.78 is 2.97. The summed E-state index contributed by atoms with van der Waals surface area (Å²) in [5, 5.41) is 0. The van der Waals surface area contributed by atoms with Gasteiger partial charge in [0.05, 0.1) is 11.4 Å². The molecule has 0 amide bonds. The Kier molecular flexibility index (Phi) is 3.52. The molecule has 1 saturated heterocycles. The van der Waals surface area contributed by atoms with Crippen LogP contribution in [0.1, 0.15) is 24.2 Å². The second kappa shape index (κ2) is 5.13. The summed E-state index contributed by atoms with van der Waals surface area (Å²) >= 11 is 2.56. The van der Waals surface area contributed by atoms with Gasteiger partial charge in [0.25, 0.3) is 0 Å². The van der Waals surface area contributed by atoms with Gasteiger partial charge in [-0.15, -0.1) is 0 Å². The van der Waals surface area contributed by atoms with Crippen molar-refractivity contribution in [2.45, 2.75) is 30.2 Å². The number of halogens is 1. The van der Waals surface area contributed by atoms with Crippen LogP contribution in [0.25, 0.3) is 5.78 Å². The third-order valence-corrected chi connectivity index (χ3v) is 4.84. The van der Waals surface area contributed by atoms with Crippen molar-refractivity contribution in [3.63, 3.8) is 0 Å². The Bertz CT molecular complexity index is 543. The van der Waals surface area contributed by atoms with Crippen LogP contribution in [0.2, 0.25) is 0 Å². The highest BCUT2D eigenvalue weighted by Crippen LogP contribution is 2.20. The molecule has 0 aromatic carbocycles. The van der Waals surface area contributed by atoms with E-state index < -0.39 is 0 Å². The van der Waals surface area contributed by atoms with E-state index >= 15 is 0 Å². The lowest BCUT2D eigenvalue weighted by Gasteiger charge is -2.29. The molecule has 3 rings (SSSR count). The normalized spacial score (nSPS) is 18.6. The van der Waals surface area contributed by atoms with Crippen molar-refractivity contribution < 1.29 is 0 Å². The van der Waals surface area contributed by atoms with Gasteiger partial charge in [-0.3, -0.25) is 9.30 Å². The average Bonchev–Trinajstić information content (AvgIpc) is 2.69. The zero-order valence-corrected chi connectivity index (χ0v) is 12.7. The van der Waals surface area contributed by atoms with E-state index in [0.29, 0.717) is 0 Å². The van der Waals surface area contributed by atoms with E-state index in [1.165, 1.54) is 31.6 Å². The molecule has 4 nitrogen and oxygen atoms in total. The molecule has 1 aliphatic rings. The van der Waals surface area contributed by atoms with Crippen LogP contribution in [0.3, 0.4) is 0 Å². The Balaban J connectivity index is 1.84. The molecule has 18 heavy (non-hydrogen) atoms. The van der Waals surface area contributed by atoms with E-state index in [-0.39, 0.29) is 0 Å². The standard InChI is InChI=1S/C13H17IN4/c1-10-12(9-17-7-3-11(14)4-8-17)18-6-2-5-15-13(18)16-10/h2,5-6,11H,3-4,7-9H2,1H3. The number of fused-ring (bicyclic) bond motifs is 1. The van der Waals surface area contributed by atoms with Crippen LogP contribution in [-0.2, 0) is 6.54 Å². The van der Waals surface area contributed by atoms with Crippen molar-refractivity contribution in [2.24, 2.45) is 0 Å². The predicted molar refractivity (Wildman–Crippen MR) is 80.0 cm³/mol. The number of likely N-dealkylation sites (tertiary alicyclic amines) is 1. The largest absolute Gasteiger partial charge is 0.297 e. The van der Waals surface area contributed by atoms with Crippen molar-refractivity contribution in [2.75, 3.05) is 13.1 Å². The van der Waals surface area contributed by atoms with Gasteiger partial charge in [0, 0.05) is 22.9 Å². The molecule has 0 atom stereocenters. The summed E-state index contributed by atoms with van der Waals surface area (Å²) in [7, 11) is 0. The molecule has 0 bridgehead atoms. The Hall–Kier alpha value is -0.690. The average molecular weight is 356 g/mol. The molecule has 0 unspecified atom stereocenters. The fourth-order valence-corrected chi connectivity index (χ4v) is 3.06. The zero-order valence-electron chi connectivity index (χ0n) is 10.5. The SMILES string of the molecule is Cc1nc2ncccn2c1CN1CCC(I)CC1. The number of aromatic nitrogens is 3. The van der Waals surface area contributed by atoms with Crippen molar-refractivity contribution in [3.05, 3.63) is 29.8 Å². The van der Waals surface area contributed by atoms with Crippen LogP contribution in [0.15, 0.2) is 18.5 Å². The highest BCUT2D eigenvalue weighted by atomic mass is 127. The van der Waals surface area contributed by atoms with Crippen LogP contribution >= 0.6 is 22.6 Å². The van der Waals surface area contributed by atoms with Gasteiger partial charge < -0.3 is 0 Å². The second-order valence-electron chi connectivity index (χ2n) is 4.88. The summed E-state index contributed by atoms with van der Waals surface area (Å²) in [4.78, 5) is 11.3. The van der Waals surface area contributed by atoms with Gasteiger partial charge in [-0.25, -0.2) is 9.97 Å². The van der Waals surface area contributed by atoms with Crippen LogP contribution in [-0.4, -0.2) is 36.3 Å². The summed E-state index contributed by atoms with van der Waals surface area (Å²) in [6, 6.07) is 1.97. The van der Waals surface area contributed by atoms with Gasteiger partial charge in [0.2, 0.25) is 5.78 Å². The fourth-order valence-electron chi connectivity index (χ4n) is 2.51. The van der Waals surface area contributed by atoms with Crippen LogP contribution < -0.4 is 0 Å². The Labute approximate surface area is 121 Å². The topological polar surface area (TPSA) is 33.4 Å². The first-order valence-electron chi connectivity index (χ1n) is 6.39. The number of rotatable bonds is 2. The smallest absolute Gasteiger partial charge is 0.234 e. The third kappa shape index (κ3) is 2.38. The summed E-state index contributed by atoms with van der Waals surface area (Å²) in [5.41, 5.74) is 2.38. The predicted octanol–water partition coefficient (Wildman–Crippen LogP) is 2.44. The monoisotopic (exact) mass is 356 g/mol. The molecule has 5 heteroatoms. The number of hydrogen-bond donors (Lipinski definition) is 0. The Morgan fingerprint density at radius 3 is 2.94 bits per heavy atom. The van der Waals surface area contributed by atoms with Gasteiger partial charge in [-0.05, 0) is 38.9 Å². The highest BCUT2D eigenvalue weighted by molar-refractivity contribution is 14.1. The number of nitrogens with zero attached hydrogens (tertiary/aromatic N) is 4. The summed E-state index contributed by atoms with van der Waals surface area (Å²) in [6.07, 6.45) is 6.46.